The Balaban J connectivity index is 2.18. The monoisotopic (exact) mass is 311 g/mol. The second-order valence-corrected chi connectivity index (χ2v) is 6.01. The Kier molecular flexibility index (Phi) is 5.20. The summed E-state index contributed by atoms with van der Waals surface area (Å²) in [6, 6.07) is 1.75. The summed E-state index contributed by atoms with van der Waals surface area (Å²) in [6.45, 7) is 7.32. The van der Waals surface area contributed by atoms with Crippen LogP contribution in [0.3, 0.4) is 0 Å². The molecular formula is C15H25N3O4. The number of carbonyl (C=O) groups excluding carboxylic acids is 1. The summed E-state index contributed by atoms with van der Waals surface area (Å²) in [6.07, 6.45) is -0.194. The average molecular weight is 311 g/mol. The van der Waals surface area contributed by atoms with E-state index in [1.165, 1.54) is 0 Å². The highest BCUT2D eigenvalue weighted by atomic mass is 16.5. The molecule has 1 aliphatic heterocycles. The number of aryl methyl sites for hydroxylation is 1. The van der Waals surface area contributed by atoms with Crippen LogP contribution < -0.4 is 0 Å². The fraction of sp³-hybridized carbons (Fsp3) is 0.733. The molecule has 0 fully saturated rings. The molecule has 7 heteroatoms. The van der Waals surface area contributed by atoms with Crippen LogP contribution in [0.1, 0.15) is 44.7 Å². The van der Waals surface area contributed by atoms with Crippen molar-refractivity contribution >= 4 is 5.91 Å². The van der Waals surface area contributed by atoms with Crippen molar-refractivity contribution in [2.75, 3.05) is 19.8 Å². The topological polar surface area (TPSA) is 87.8 Å². The Morgan fingerprint density at radius 2 is 2.23 bits per heavy atom. The van der Waals surface area contributed by atoms with Gasteiger partial charge in [-0.15, -0.1) is 0 Å². The minimum atomic E-state index is -0.983. The van der Waals surface area contributed by atoms with Gasteiger partial charge in [0, 0.05) is 19.7 Å². The fourth-order valence-electron chi connectivity index (χ4n) is 2.72. The van der Waals surface area contributed by atoms with Crippen LogP contribution in [0.2, 0.25) is 0 Å². The minimum Gasteiger partial charge on any atom is -0.393 e. The maximum atomic E-state index is 12.7. The summed E-state index contributed by atoms with van der Waals surface area (Å²) >= 11 is 0. The van der Waals surface area contributed by atoms with Crippen molar-refractivity contribution in [2.24, 2.45) is 0 Å². The van der Waals surface area contributed by atoms with Gasteiger partial charge >= 0.3 is 0 Å². The van der Waals surface area contributed by atoms with E-state index in [9.17, 15) is 9.90 Å². The molecule has 0 aliphatic carbocycles. The molecule has 0 radical (unpaired) electrons. The Morgan fingerprint density at radius 3 is 2.86 bits per heavy atom. The molecule has 0 saturated heterocycles. The minimum absolute atomic E-state index is 0.0479. The third-order valence-electron chi connectivity index (χ3n) is 3.85. The second-order valence-electron chi connectivity index (χ2n) is 6.01. The van der Waals surface area contributed by atoms with Crippen LogP contribution in [0.5, 0.6) is 0 Å². The van der Waals surface area contributed by atoms with Gasteiger partial charge in [0.15, 0.2) is 0 Å². The molecule has 7 nitrogen and oxygen atoms in total. The third kappa shape index (κ3) is 3.48. The van der Waals surface area contributed by atoms with Crippen molar-refractivity contribution < 1.29 is 19.7 Å². The van der Waals surface area contributed by atoms with E-state index in [-0.39, 0.29) is 12.5 Å². The van der Waals surface area contributed by atoms with Crippen molar-refractivity contribution in [3.8, 4) is 0 Å². The first-order chi connectivity index (χ1) is 10.4. The standard InChI is InChI=1S/C15H25N3O4/c1-4-22-15(2,3)14(21)17-6-5-7-18-11(9-17)8-12(16-18)13(20)10-19/h8,13,19-20H,4-7,9-10H2,1-3H3/t13-/m0/s1. The van der Waals surface area contributed by atoms with E-state index in [0.29, 0.717) is 31.9 Å². The molecule has 0 aromatic carbocycles. The highest BCUT2D eigenvalue weighted by Gasteiger charge is 2.34. The number of carbonyl (C=O) groups is 1. The number of aliphatic hydroxyl groups is 2. The first-order valence-corrected chi connectivity index (χ1v) is 7.68. The van der Waals surface area contributed by atoms with Gasteiger partial charge in [0.25, 0.3) is 5.91 Å². The molecule has 2 rings (SSSR count). The normalized spacial score (nSPS) is 17.0. The van der Waals surface area contributed by atoms with Crippen molar-refractivity contribution in [1.29, 1.82) is 0 Å². The van der Waals surface area contributed by atoms with Crippen LogP contribution in [0.15, 0.2) is 6.07 Å². The van der Waals surface area contributed by atoms with Gasteiger partial charge in [0.1, 0.15) is 11.7 Å². The molecule has 1 atom stereocenters. The van der Waals surface area contributed by atoms with Gasteiger partial charge in [0.2, 0.25) is 0 Å². The van der Waals surface area contributed by atoms with Gasteiger partial charge in [-0.1, -0.05) is 0 Å². The predicted octanol–water partition coefficient (Wildman–Crippen LogP) is 0.456. The van der Waals surface area contributed by atoms with Crippen LogP contribution in [-0.4, -0.2) is 56.2 Å². The number of fused-ring (bicyclic) bond motifs is 1. The van der Waals surface area contributed by atoms with E-state index in [2.05, 4.69) is 5.10 Å². The average Bonchev–Trinajstić information content (AvgIpc) is 2.77. The molecular weight excluding hydrogens is 286 g/mol. The van der Waals surface area contributed by atoms with E-state index in [0.717, 1.165) is 12.1 Å². The maximum absolute atomic E-state index is 12.7. The Bertz CT molecular complexity index is 527. The van der Waals surface area contributed by atoms with Crippen LogP contribution in [-0.2, 0) is 22.6 Å². The largest absolute Gasteiger partial charge is 0.393 e. The predicted molar refractivity (Wildman–Crippen MR) is 80.0 cm³/mol. The lowest BCUT2D eigenvalue weighted by molar-refractivity contribution is -0.154. The van der Waals surface area contributed by atoms with Gasteiger partial charge in [-0.3, -0.25) is 9.48 Å². The summed E-state index contributed by atoms with van der Waals surface area (Å²) in [5.74, 6) is -0.0479. The second kappa shape index (κ2) is 6.76. The number of aromatic nitrogens is 2. The highest BCUT2D eigenvalue weighted by molar-refractivity contribution is 5.84. The lowest BCUT2D eigenvalue weighted by Gasteiger charge is -2.30. The lowest BCUT2D eigenvalue weighted by atomic mass is 10.1. The first-order valence-electron chi connectivity index (χ1n) is 7.68. The molecule has 1 aliphatic rings. The first kappa shape index (κ1) is 16.9. The third-order valence-corrected chi connectivity index (χ3v) is 3.85. The summed E-state index contributed by atoms with van der Waals surface area (Å²) in [5, 5.41) is 23.0. The van der Waals surface area contributed by atoms with E-state index < -0.39 is 11.7 Å². The molecule has 124 valence electrons. The van der Waals surface area contributed by atoms with Gasteiger partial charge in [-0.25, -0.2) is 0 Å². The van der Waals surface area contributed by atoms with Gasteiger partial charge in [0.05, 0.1) is 24.5 Å². The molecule has 0 bridgehead atoms. The Labute approximate surface area is 130 Å². The summed E-state index contributed by atoms with van der Waals surface area (Å²) in [4.78, 5) is 14.4. The lowest BCUT2D eigenvalue weighted by Crippen LogP contribution is -2.46. The molecule has 2 N–H and O–H groups in total. The van der Waals surface area contributed by atoms with E-state index in [4.69, 9.17) is 9.84 Å². The molecule has 1 amide bonds. The number of nitrogens with zero attached hydrogens (tertiary/aromatic N) is 3. The number of rotatable bonds is 5. The smallest absolute Gasteiger partial charge is 0.254 e. The number of ether oxygens (including phenoxy) is 1. The van der Waals surface area contributed by atoms with E-state index >= 15 is 0 Å². The Hall–Kier alpha value is -1.44. The number of aliphatic hydroxyl groups excluding tert-OH is 2. The summed E-state index contributed by atoms with van der Waals surface area (Å²) in [7, 11) is 0. The van der Waals surface area contributed by atoms with Crippen molar-refractivity contribution in [1.82, 2.24) is 14.7 Å². The summed E-state index contributed by atoms with van der Waals surface area (Å²) < 4.78 is 7.35. The van der Waals surface area contributed by atoms with Crippen LogP contribution in [0, 0.1) is 0 Å². The van der Waals surface area contributed by atoms with Gasteiger partial charge < -0.3 is 19.8 Å². The number of hydrogen-bond donors (Lipinski definition) is 2. The Morgan fingerprint density at radius 1 is 1.50 bits per heavy atom. The fourth-order valence-corrected chi connectivity index (χ4v) is 2.72. The zero-order valence-electron chi connectivity index (χ0n) is 13.4. The molecule has 2 heterocycles. The van der Waals surface area contributed by atoms with Crippen molar-refractivity contribution in [3.05, 3.63) is 17.5 Å². The molecule has 1 aromatic rings. The van der Waals surface area contributed by atoms with Crippen LogP contribution >= 0.6 is 0 Å². The van der Waals surface area contributed by atoms with E-state index in [1.807, 2.05) is 6.92 Å². The number of hydrogen-bond acceptors (Lipinski definition) is 5. The zero-order valence-corrected chi connectivity index (χ0v) is 13.4. The van der Waals surface area contributed by atoms with Crippen molar-refractivity contribution in [2.45, 2.75) is 52.0 Å². The SMILES string of the molecule is CCOC(C)(C)C(=O)N1CCCn2nc([C@@H](O)CO)cc2C1. The van der Waals surface area contributed by atoms with Gasteiger partial charge in [-0.05, 0) is 33.3 Å². The molecule has 1 aromatic heterocycles. The van der Waals surface area contributed by atoms with Crippen LogP contribution in [0.25, 0.3) is 0 Å². The number of amides is 1. The quantitative estimate of drug-likeness (QED) is 0.824. The molecule has 0 saturated carbocycles. The van der Waals surface area contributed by atoms with E-state index in [1.54, 1.807) is 29.5 Å². The van der Waals surface area contributed by atoms with Gasteiger partial charge in [-0.2, -0.15) is 5.10 Å². The summed E-state index contributed by atoms with van der Waals surface area (Å²) in [5.41, 5.74) is 0.453. The molecule has 22 heavy (non-hydrogen) atoms. The highest BCUT2D eigenvalue weighted by Crippen LogP contribution is 2.21. The maximum Gasteiger partial charge on any atom is 0.254 e. The zero-order chi connectivity index (χ0) is 16.3. The van der Waals surface area contributed by atoms with Crippen molar-refractivity contribution in [3.63, 3.8) is 0 Å². The molecule has 0 spiro atoms. The molecule has 0 unspecified atom stereocenters. The van der Waals surface area contributed by atoms with Crippen LogP contribution in [0.4, 0.5) is 0 Å².